The molecule has 0 bridgehead atoms. The Hall–Kier alpha value is -0.543. The van der Waals surface area contributed by atoms with Crippen LogP contribution in [0.4, 0.5) is 65.9 Å². The summed E-state index contributed by atoms with van der Waals surface area (Å²) >= 11 is 6.31. The van der Waals surface area contributed by atoms with Crippen LogP contribution in [-0.4, -0.2) is 49.1 Å². The Balaban J connectivity index is 4.58. The Labute approximate surface area is 273 Å². The summed E-state index contributed by atoms with van der Waals surface area (Å²) in [6, 6.07) is -0.0918. The SMILES string of the molecule is CCCCCCCCCCCCCCCCCCC[Si](C)(Cl)CCCC(F)(F)C(F)(F)C(F)(F)C(F)(F)C(F)(F)C(F)(F)C(F)(F)F. The summed E-state index contributed by atoms with van der Waals surface area (Å²) in [6.07, 6.45) is 8.00. The first kappa shape index (κ1) is 46.5. The average Bonchev–Trinajstić information content (AvgIpc) is 2.93. The Morgan fingerprint density at radius 3 is 1.00 bits per heavy atom. The molecule has 1 unspecified atom stereocenters. The molecule has 0 rings (SSSR count). The molecule has 0 saturated heterocycles. The highest BCUT2D eigenvalue weighted by atomic mass is 35.6. The summed E-state index contributed by atoms with van der Waals surface area (Å²) in [5.74, 6) is -46.1. The maximum atomic E-state index is 14.1. The Morgan fingerprint density at radius 2 is 0.660 bits per heavy atom. The molecule has 0 saturated carbocycles. The number of unbranched alkanes of at least 4 members (excludes halogenated alkanes) is 16. The molecule has 0 spiro atoms. The van der Waals surface area contributed by atoms with Gasteiger partial charge in [0.05, 0.1) is 0 Å². The summed E-state index contributed by atoms with van der Waals surface area (Å²) in [6.45, 7) is 3.65. The number of rotatable bonds is 27. The van der Waals surface area contributed by atoms with Gasteiger partial charge in [-0.2, -0.15) is 76.9 Å². The minimum absolute atomic E-state index is 0.308. The first-order chi connectivity index (χ1) is 21.3. The fourth-order valence-corrected chi connectivity index (χ4v) is 8.13. The van der Waals surface area contributed by atoms with Crippen LogP contribution in [0.25, 0.3) is 0 Å². The van der Waals surface area contributed by atoms with Crippen molar-refractivity contribution in [1.29, 1.82) is 0 Å². The third-order valence-electron chi connectivity index (χ3n) is 8.38. The molecule has 284 valence electrons. The second-order valence-corrected chi connectivity index (χ2v) is 19.3. The topological polar surface area (TPSA) is 0 Å². The van der Waals surface area contributed by atoms with Crippen LogP contribution >= 0.6 is 11.1 Å². The van der Waals surface area contributed by atoms with Crippen LogP contribution in [0.1, 0.15) is 129 Å². The van der Waals surface area contributed by atoms with Crippen molar-refractivity contribution in [1.82, 2.24) is 0 Å². The van der Waals surface area contributed by atoms with Crippen molar-refractivity contribution in [2.75, 3.05) is 0 Å². The quantitative estimate of drug-likeness (QED) is 0.0339. The molecule has 0 aromatic carbocycles. The van der Waals surface area contributed by atoms with E-state index in [9.17, 15) is 65.9 Å². The van der Waals surface area contributed by atoms with Crippen LogP contribution in [0.15, 0.2) is 0 Å². The van der Waals surface area contributed by atoms with Crippen molar-refractivity contribution in [3.8, 4) is 0 Å². The standard InChI is InChI=1S/C30H48ClF15Si/c1-3-4-5-6-7-8-9-10-11-12-13-14-15-16-17-18-19-22-47(2,31)23-20-21-24(32,33)25(34,35)26(36,37)27(38,39)28(40,41)29(42,43)30(44,45)46/h3-23H2,1-2H3. The zero-order valence-electron chi connectivity index (χ0n) is 26.9. The molecule has 0 nitrogen and oxygen atoms in total. The lowest BCUT2D eigenvalue weighted by Crippen LogP contribution is -2.72. The van der Waals surface area contributed by atoms with E-state index in [1.54, 1.807) is 0 Å². The van der Waals surface area contributed by atoms with Crippen molar-refractivity contribution in [2.45, 2.75) is 189 Å². The summed E-state index contributed by atoms with van der Waals surface area (Å²) in [7, 11) is -2.92. The van der Waals surface area contributed by atoms with Gasteiger partial charge in [-0.3, -0.25) is 0 Å². The maximum Gasteiger partial charge on any atom is 0.460 e. The van der Waals surface area contributed by atoms with Crippen molar-refractivity contribution in [2.24, 2.45) is 0 Å². The van der Waals surface area contributed by atoms with E-state index in [0.717, 1.165) is 38.5 Å². The molecule has 0 aliphatic carbocycles. The summed E-state index contributed by atoms with van der Waals surface area (Å²) in [5, 5.41) is 0. The van der Waals surface area contributed by atoms with E-state index in [1.165, 1.54) is 70.8 Å². The van der Waals surface area contributed by atoms with Gasteiger partial charge in [0.25, 0.3) is 0 Å². The zero-order chi connectivity index (χ0) is 36.8. The Bertz CT molecular complexity index is 861. The third-order valence-corrected chi connectivity index (χ3v) is 12.3. The number of halogens is 16. The molecule has 0 aromatic heterocycles. The van der Waals surface area contributed by atoms with Gasteiger partial charge < -0.3 is 0 Å². The molecule has 0 N–H and O–H groups in total. The van der Waals surface area contributed by atoms with E-state index in [2.05, 4.69) is 6.92 Å². The van der Waals surface area contributed by atoms with Gasteiger partial charge in [-0.05, 0) is 18.5 Å². The van der Waals surface area contributed by atoms with Gasteiger partial charge in [-0.1, -0.05) is 123 Å². The van der Waals surface area contributed by atoms with E-state index in [4.69, 9.17) is 11.1 Å². The lowest BCUT2D eigenvalue weighted by Gasteiger charge is -2.41. The predicted molar refractivity (Wildman–Crippen MR) is 156 cm³/mol. The summed E-state index contributed by atoms with van der Waals surface area (Å²) in [5.41, 5.74) is 0. The van der Waals surface area contributed by atoms with Crippen molar-refractivity contribution >= 4 is 18.5 Å². The van der Waals surface area contributed by atoms with Crippen LogP contribution in [-0.2, 0) is 0 Å². The largest absolute Gasteiger partial charge is 0.460 e. The fraction of sp³-hybridized carbons (Fsp3) is 1.00. The molecule has 0 aliphatic rings. The zero-order valence-corrected chi connectivity index (χ0v) is 28.7. The van der Waals surface area contributed by atoms with Crippen LogP contribution in [0.5, 0.6) is 0 Å². The number of alkyl halides is 15. The molecule has 0 fully saturated rings. The van der Waals surface area contributed by atoms with E-state index in [1.807, 2.05) is 0 Å². The minimum atomic E-state index is -8.24. The van der Waals surface area contributed by atoms with Gasteiger partial charge in [0.15, 0.2) is 7.38 Å². The highest BCUT2D eigenvalue weighted by molar-refractivity contribution is 7.19. The van der Waals surface area contributed by atoms with E-state index < -0.39 is 68.0 Å². The average molecular weight is 757 g/mol. The molecule has 17 heteroatoms. The van der Waals surface area contributed by atoms with Crippen LogP contribution < -0.4 is 0 Å². The highest BCUT2D eigenvalue weighted by Crippen LogP contribution is 2.62. The molecule has 0 amide bonds. The Morgan fingerprint density at radius 1 is 0.383 bits per heavy atom. The predicted octanol–water partition coefficient (Wildman–Crippen LogP) is 14.6. The molecular weight excluding hydrogens is 709 g/mol. The van der Waals surface area contributed by atoms with Gasteiger partial charge in [-0.15, -0.1) is 0 Å². The van der Waals surface area contributed by atoms with Gasteiger partial charge in [0.1, 0.15) is 0 Å². The van der Waals surface area contributed by atoms with Gasteiger partial charge in [0.2, 0.25) is 0 Å². The summed E-state index contributed by atoms with van der Waals surface area (Å²) < 4.78 is 200. The molecule has 0 aliphatic heterocycles. The number of hydrogen-bond acceptors (Lipinski definition) is 0. The van der Waals surface area contributed by atoms with Gasteiger partial charge >= 0.3 is 41.7 Å². The first-order valence-electron chi connectivity index (χ1n) is 16.3. The normalized spacial score (nSPS) is 15.7. The lowest BCUT2D eigenvalue weighted by molar-refractivity contribution is -0.452. The third kappa shape index (κ3) is 12.9. The van der Waals surface area contributed by atoms with Crippen molar-refractivity contribution < 1.29 is 65.9 Å². The first-order valence-corrected chi connectivity index (χ1v) is 20.2. The highest BCUT2D eigenvalue weighted by Gasteiger charge is 2.93. The van der Waals surface area contributed by atoms with Gasteiger partial charge in [-0.25, -0.2) is 0 Å². The number of hydrogen-bond donors (Lipinski definition) is 0. The van der Waals surface area contributed by atoms with Crippen LogP contribution in [0.3, 0.4) is 0 Å². The molecule has 0 radical (unpaired) electrons. The van der Waals surface area contributed by atoms with Crippen LogP contribution in [0.2, 0.25) is 18.6 Å². The van der Waals surface area contributed by atoms with Crippen molar-refractivity contribution in [3.63, 3.8) is 0 Å². The molecule has 0 aromatic rings. The van der Waals surface area contributed by atoms with Crippen molar-refractivity contribution in [3.05, 3.63) is 0 Å². The smallest absolute Gasteiger partial charge is 0.200 e. The minimum Gasteiger partial charge on any atom is -0.200 e. The fourth-order valence-electron chi connectivity index (χ4n) is 5.18. The van der Waals surface area contributed by atoms with E-state index >= 15 is 0 Å². The van der Waals surface area contributed by atoms with E-state index in [-0.39, 0.29) is 0 Å². The molecular formula is C30H48ClF15Si. The monoisotopic (exact) mass is 756 g/mol. The molecule has 0 heterocycles. The van der Waals surface area contributed by atoms with E-state index in [0.29, 0.717) is 12.5 Å². The second kappa shape index (κ2) is 19.2. The summed E-state index contributed by atoms with van der Waals surface area (Å²) in [4.78, 5) is 0. The second-order valence-electron chi connectivity index (χ2n) is 12.7. The van der Waals surface area contributed by atoms with Crippen LogP contribution in [0, 0.1) is 0 Å². The lowest BCUT2D eigenvalue weighted by atomic mass is 9.90. The molecule has 1 atom stereocenters. The van der Waals surface area contributed by atoms with Gasteiger partial charge in [0, 0.05) is 6.42 Å². The maximum absolute atomic E-state index is 14.1. The molecule has 47 heavy (non-hydrogen) atoms. The Kier molecular flexibility index (Phi) is 18.9.